The van der Waals surface area contributed by atoms with Gasteiger partial charge in [0.05, 0.1) is 25.4 Å². The number of ether oxygens (including phenoxy) is 2. The molecule has 1 N–H and O–H groups in total. The molecule has 0 bridgehead atoms. The lowest BCUT2D eigenvalue weighted by Crippen LogP contribution is -2.13. The van der Waals surface area contributed by atoms with Gasteiger partial charge in [0.25, 0.3) is 0 Å². The van der Waals surface area contributed by atoms with E-state index in [1.54, 1.807) is 18.2 Å². The Bertz CT molecular complexity index is 1290. The van der Waals surface area contributed by atoms with Crippen LogP contribution in [0.15, 0.2) is 42.6 Å². The van der Waals surface area contributed by atoms with Crippen LogP contribution in [0.25, 0.3) is 11.1 Å². The van der Waals surface area contributed by atoms with E-state index in [-0.39, 0.29) is 36.1 Å². The normalized spacial score (nSPS) is 14.3. The maximum atomic E-state index is 14.8. The van der Waals surface area contributed by atoms with Gasteiger partial charge in [0.15, 0.2) is 0 Å². The summed E-state index contributed by atoms with van der Waals surface area (Å²) in [4.78, 5) is 20.2. The molecule has 37 heavy (non-hydrogen) atoms. The lowest BCUT2D eigenvalue weighted by molar-refractivity contribution is -0.137. The van der Waals surface area contributed by atoms with Crippen molar-refractivity contribution in [1.82, 2.24) is 9.97 Å². The predicted octanol–water partition coefficient (Wildman–Crippen LogP) is 6.57. The van der Waals surface area contributed by atoms with Crippen LogP contribution in [0, 0.1) is 23.0 Å². The van der Waals surface area contributed by atoms with Gasteiger partial charge in [-0.25, -0.2) is 13.8 Å². The molecule has 196 valence electrons. The Kier molecular flexibility index (Phi) is 7.76. The number of carboxylic acid groups (broad SMARTS) is 1. The molecule has 0 aliphatic heterocycles. The van der Waals surface area contributed by atoms with E-state index in [1.807, 2.05) is 6.07 Å². The third-order valence-corrected chi connectivity index (χ3v) is 6.41. The first-order chi connectivity index (χ1) is 17.5. The minimum Gasteiger partial charge on any atom is -0.497 e. The summed E-state index contributed by atoms with van der Waals surface area (Å²) < 4.78 is 40.5. The fourth-order valence-corrected chi connectivity index (χ4v) is 4.51. The van der Waals surface area contributed by atoms with Gasteiger partial charge in [0.2, 0.25) is 5.88 Å². The van der Waals surface area contributed by atoms with E-state index < -0.39 is 17.7 Å². The molecule has 0 amide bonds. The molecule has 0 radical (unpaired) electrons. The Morgan fingerprint density at radius 3 is 2.51 bits per heavy atom. The van der Waals surface area contributed by atoms with Gasteiger partial charge in [-0.1, -0.05) is 26.8 Å². The minimum atomic E-state index is -0.960. The first kappa shape index (κ1) is 26.5. The Hall–Kier alpha value is -3.55. The number of methoxy groups -OCH3 is 1. The number of aromatic nitrogens is 2. The molecule has 1 saturated carbocycles. The Morgan fingerprint density at radius 1 is 1.11 bits per heavy atom. The highest BCUT2D eigenvalue weighted by Crippen LogP contribution is 2.45. The summed E-state index contributed by atoms with van der Waals surface area (Å²) in [6, 6.07) is 9.70. The first-order valence-corrected chi connectivity index (χ1v) is 12.4. The predicted molar refractivity (Wildman–Crippen MR) is 136 cm³/mol. The summed E-state index contributed by atoms with van der Waals surface area (Å²) >= 11 is 0. The SMILES string of the molecule is COc1ccc(F)c(-c2ccc(COc3cc(C(CC(=O)O)C4CC4)c(F)cn3)nc2CC(C)(C)C)c1. The quantitative estimate of drug-likeness (QED) is 0.332. The molecule has 1 atom stereocenters. The number of aliphatic carboxylic acids is 1. The van der Waals surface area contributed by atoms with Gasteiger partial charge in [-0.15, -0.1) is 0 Å². The average Bonchev–Trinajstić information content (AvgIpc) is 3.67. The van der Waals surface area contributed by atoms with Gasteiger partial charge in [-0.3, -0.25) is 9.78 Å². The highest BCUT2D eigenvalue weighted by Gasteiger charge is 2.35. The van der Waals surface area contributed by atoms with Crippen LogP contribution in [0.4, 0.5) is 8.78 Å². The van der Waals surface area contributed by atoms with Crippen LogP contribution in [0.5, 0.6) is 11.6 Å². The number of carbonyl (C=O) groups is 1. The summed E-state index contributed by atoms with van der Waals surface area (Å²) in [5.74, 6) is -1.34. The van der Waals surface area contributed by atoms with Crippen molar-refractivity contribution in [3.05, 3.63) is 71.2 Å². The molecule has 1 fully saturated rings. The summed E-state index contributed by atoms with van der Waals surface area (Å²) in [6.45, 7) is 6.33. The van der Waals surface area contributed by atoms with Crippen molar-refractivity contribution in [2.45, 2.75) is 59.0 Å². The number of carboxylic acids is 1. The van der Waals surface area contributed by atoms with Crippen LogP contribution in [-0.4, -0.2) is 28.2 Å². The lowest BCUT2D eigenvalue weighted by atomic mass is 9.87. The van der Waals surface area contributed by atoms with Crippen LogP contribution < -0.4 is 9.47 Å². The molecule has 1 unspecified atom stereocenters. The standard InChI is InChI=1S/C29H32F2N2O4/c1-29(2,3)14-26-20(22-11-19(36-4)8-10-24(22)30)9-7-18(33-26)16-37-27-12-23(25(31)15-32-27)21(13-28(34)35)17-5-6-17/h7-12,15,17,21H,5-6,13-14,16H2,1-4H3,(H,34,35). The van der Waals surface area contributed by atoms with Gasteiger partial charge >= 0.3 is 5.97 Å². The van der Waals surface area contributed by atoms with Gasteiger partial charge in [0, 0.05) is 28.8 Å². The number of benzene rings is 1. The summed E-state index contributed by atoms with van der Waals surface area (Å²) in [5, 5.41) is 9.28. The van der Waals surface area contributed by atoms with Crippen LogP contribution >= 0.6 is 0 Å². The number of pyridine rings is 2. The zero-order valence-electron chi connectivity index (χ0n) is 21.6. The highest BCUT2D eigenvalue weighted by molar-refractivity contribution is 5.69. The molecule has 1 aliphatic carbocycles. The number of halogens is 2. The number of hydrogen-bond acceptors (Lipinski definition) is 5. The van der Waals surface area contributed by atoms with Crippen molar-refractivity contribution in [3.63, 3.8) is 0 Å². The highest BCUT2D eigenvalue weighted by atomic mass is 19.1. The zero-order chi connectivity index (χ0) is 26.7. The van der Waals surface area contributed by atoms with Crippen molar-refractivity contribution in [1.29, 1.82) is 0 Å². The molecular formula is C29H32F2N2O4. The number of nitrogens with zero attached hydrogens (tertiary/aromatic N) is 2. The Labute approximate surface area is 215 Å². The fourth-order valence-electron chi connectivity index (χ4n) is 4.51. The van der Waals surface area contributed by atoms with Crippen LogP contribution in [0.3, 0.4) is 0 Å². The van der Waals surface area contributed by atoms with E-state index >= 15 is 0 Å². The molecule has 3 aromatic rings. The van der Waals surface area contributed by atoms with Gasteiger partial charge in [-0.2, -0.15) is 0 Å². The largest absolute Gasteiger partial charge is 0.497 e. The van der Waals surface area contributed by atoms with Crippen molar-refractivity contribution in [2.24, 2.45) is 11.3 Å². The van der Waals surface area contributed by atoms with E-state index in [4.69, 9.17) is 14.5 Å². The van der Waals surface area contributed by atoms with Gasteiger partial charge in [-0.05, 0) is 60.4 Å². The van der Waals surface area contributed by atoms with E-state index in [9.17, 15) is 18.7 Å². The topological polar surface area (TPSA) is 81.5 Å². The number of hydrogen-bond donors (Lipinski definition) is 1. The monoisotopic (exact) mass is 510 g/mol. The fraction of sp³-hybridized carbons (Fsp3) is 0.414. The van der Waals surface area contributed by atoms with E-state index in [1.165, 1.54) is 19.2 Å². The number of rotatable bonds is 10. The third-order valence-electron chi connectivity index (χ3n) is 6.41. The molecule has 0 saturated heterocycles. The molecule has 4 rings (SSSR count). The molecule has 1 aromatic carbocycles. The van der Waals surface area contributed by atoms with E-state index in [0.717, 1.165) is 24.7 Å². The molecule has 2 heterocycles. The first-order valence-electron chi connectivity index (χ1n) is 12.4. The second-order valence-electron chi connectivity index (χ2n) is 10.8. The molecular weight excluding hydrogens is 478 g/mol. The Morgan fingerprint density at radius 2 is 1.86 bits per heavy atom. The maximum absolute atomic E-state index is 14.8. The second kappa shape index (κ2) is 10.8. The molecule has 6 nitrogen and oxygen atoms in total. The maximum Gasteiger partial charge on any atom is 0.303 e. The smallest absolute Gasteiger partial charge is 0.303 e. The summed E-state index contributed by atoms with van der Waals surface area (Å²) in [7, 11) is 1.54. The average molecular weight is 511 g/mol. The van der Waals surface area contributed by atoms with E-state index in [0.29, 0.717) is 34.6 Å². The van der Waals surface area contributed by atoms with Crippen molar-refractivity contribution in [2.75, 3.05) is 7.11 Å². The molecule has 1 aliphatic rings. The van der Waals surface area contributed by atoms with E-state index in [2.05, 4.69) is 25.8 Å². The molecule has 2 aromatic heterocycles. The molecule has 8 heteroatoms. The van der Waals surface area contributed by atoms with Crippen LogP contribution in [0.1, 0.15) is 62.9 Å². The van der Waals surface area contributed by atoms with Gasteiger partial charge in [0.1, 0.15) is 24.0 Å². The van der Waals surface area contributed by atoms with Crippen LogP contribution in [0.2, 0.25) is 0 Å². The van der Waals surface area contributed by atoms with Gasteiger partial charge < -0.3 is 14.6 Å². The van der Waals surface area contributed by atoms with Crippen molar-refractivity contribution < 1.29 is 28.2 Å². The third kappa shape index (κ3) is 6.81. The zero-order valence-corrected chi connectivity index (χ0v) is 21.6. The Balaban J connectivity index is 1.60. The van der Waals surface area contributed by atoms with Crippen molar-refractivity contribution >= 4 is 5.97 Å². The second-order valence-corrected chi connectivity index (χ2v) is 10.8. The minimum absolute atomic E-state index is 0.0725. The van der Waals surface area contributed by atoms with Crippen molar-refractivity contribution in [3.8, 4) is 22.8 Å². The van der Waals surface area contributed by atoms with Crippen LogP contribution in [-0.2, 0) is 17.8 Å². The summed E-state index contributed by atoms with van der Waals surface area (Å²) in [6.07, 6.45) is 3.32. The lowest BCUT2D eigenvalue weighted by Gasteiger charge is -2.21. The summed E-state index contributed by atoms with van der Waals surface area (Å²) in [5.41, 5.74) is 2.64. The molecule has 0 spiro atoms.